The second-order valence-corrected chi connectivity index (χ2v) is 8.79. The van der Waals surface area contributed by atoms with E-state index in [1.807, 2.05) is 24.4 Å². The quantitative estimate of drug-likeness (QED) is 0.659. The highest BCUT2D eigenvalue weighted by Crippen LogP contribution is 2.34. The van der Waals surface area contributed by atoms with Crippen molar-refractivity contribution in [2.24, 2.45) is 17.6 Å². The Morgan fingerprint density at radius 3 is 2.59 bits per heavy atom. The number of amides is 3. The summed E-state index contributed by atoms with van der Waals surface area (Å²) in [6, 6.07) is 5.87. The Kier molecular flexibility index (Phi) is 6.40. The number of likely N-dealkylation sites (tertiary alicyclic amines) is 1. The molecule has 5 rings (SSSR count). The highest BCUT2D eigenvalue weighted by Gasteiger charge is 2.31. The van der Waals surface area contributed by atoms with Crippen LogP contribution in [0.5, 0.6) is 0 Å². The predicted octanol–water partition coefficient (Wildman–Crippen LogP) is 2.41. The number of nitrogens with one attached hydrogen (secondary N) is 2. The normalized spacial score (nSPS) is 20.1. The van der Waals surface area contributed by atoms with Crippen LogP contribution in [-0.4, -0.2) is 45.7 Å². The summed E-state index contributed by atoms with van der Waals surface area (Å²) in [7, 11) is 0. The third-order valence-electron chi connectivity index (χ3n) is 6.18. The van der Waals surface area contributed by atoms with Gasteiger partial charge in [0.1, 0.15) is 17.9 Å². The zero-order valence-corrected chi connectivity index (χ0v) is 18.0. The summed E-state index contributed by atoms with van der Waals surface area (Å²) in [6.45, 7) is 1.30. The Hall–Kier alpha value is -3.41. The molecule has 168 valence electrons. The van der Waals surface area contributed by atoms with Gasteiger partial charge in [-0.1, -0.05) is 0 Å². The number of anilines is 1. The van der Waals surface area contributed by atoms with Crippen molar-refractivity contribution in [3.05, 3.63) is 23.9 Å². The lowest BCUT2D eigenvalue weighted by Crippen LogP contribution is -2.38. The van der Waals surface area contributed by atoms with Gasteiger partial charge in [0, 0.05) is 42.4 Å². The molecule has 3 amide bonds. The van der Waals surface area contributed by atoms with Crippen LogP contribution in [0, 0.1) is 23.2 Å². The van der Waals surface area contributed by atoms with Crippen molar-refractivity contribution in [3.8, 4) is 6.07 Å². The van der Waals surface area contributed by atoms with E-state index in [-0.39, 0.29) is 41.9 Å². The van der Waals surface area contributed by atoms with E-state index in [1.54, 1.807) is 4.90 Å². The van der Waals surface area contributed by atoms with Crippen LogP contribution in [0.15, 0.2) is 18.3 Å². The Labute approximate surface area is 186 Å². The van der Waals surface area contributed by atoms with Crippen molar-refractivity contribution < 1.29 is 14.4 Å². The van der Waals surface area contributed by atoms with Crippen molar-refractivity contribution in [3.63, 3.8) is 0 Å². The molecule has 2 aliphatic carbocycles. The molecule has 32 heavy (non-hydrogen) atoms. The number of rotatable bonds is 5. The summed E-state index contributed by atoms with van der Waals surface area (Å²) >= 11 is 0. The van der Waals surface area contributed by atoms with E-state index in [9.17, 15) is 14.4 Å². The average Bonchev–Trinajstić information content (AvgIpc) is 3.70. The number of hydrogen-bond acceptors (Lipinski definition) is 5. The molecule has 3 fully saturated rings. The smallest absolute Gasteiger partial charge is 0.236 e. The largest absolute Gasteiger partial charge is 0.369 e. The number of aromatic nitrogens is 2. The summed E-state index contributed by atoms with van der Waals surface area (Å²) in [4.78, 5) is 43.6. The molecular weight excluding hydrogens is 408 g/mol. The average molecular weight is 437 g/mol. The van der Waals surface area contributed by atoms with Crippen molar-refractivity contribution in [1.82, 2.24) is 14.9 Å². The first kappa shape index (κ1) is 21.8. The lowest BCUT2D eigenvalue weighted by molar-refractivity contribution is -0.131. The van der Waals surface area contributed by atoms with Gasteiger partial charge in [-0.05, 0) is 56.2 Å². The van der Waals surface area contributed by atoms with Gasteiger partial charge in [0.15, 0.2) is 0 Å². The Morgan fingerprint density at radius 1 is 1.22 bits per heavy atom. The molecule has 1 saturated heterocycles. The second-order valence-electron chi connectivity index (χ2n) is 8.79. The minimum absolute atomic E-state index is 0.0313. The number of primary amides is 1. The third-order valence-corrected chi connectivity index (χ3v) is 6.18. The maximum Gasteiger partial charge on any atom is 0.236 e. The molecule has 1 atom stereocenters. The van der Waals surface area contributed by atoms with Gasteiger partial charge in [0.2, 0.25) is 17.7 Å². The zero-order chi connectivity index (χ0) is 22.7. The number of pyridine rings is 1. The first-order valence-electron chi connectivity index (χ1n) is 11.2. The van der Waals surface area contributed by atoms with Crippen LogP contribution in [0.25, 0.3) is 11.0 Å². The Bertz CT molecular complexity index is 1060. The summed E-state index contributed by atoms with van der Waals surface area (Å²) in [5.74, 6) is 0.882. The number of nitrogens with two attached hydrogens (primary N) is 1. The van der Waals surface area contributed by atoms with Gasteiger partial charge < -0.3 is 20.9 Å². The van der Waals surface area contributed by atoms with Gasteiger partial charge in [-0.2, -0.15) is 5.26 Å². The van der Waals surface area contributed by atoms with Gasteiger partial charge in [-0.15, -0.1) is 0 Å². The summed E-state index contributed by atoms with van der Waals surface area (Å²) in [5, 5.41) is 12.7. The van der Waals surface area contributed by atoms with Crippen LogP contribution < -0.4 is 11.1 Å². The van der Waals surface area contributed by atoms with E-state index in [1.165, 1.54) is 0 Å². The number of carbonyl (C=O) groups excluding carboxylic acids is 3. The molecule has 0 aromatic carbocycles. The minimum atomic E-state index is -0.130. The van der Waals surface area contributed by atoms with Crippen molar-refractivity contribution in [1.29, 1.82) is 5.26 Å². The van der Waals surface area contributed by atoms with Gasteiger partial charge in [0.25, 0.3) is 0 Å². The molecule has 2 aromatic rings. The van der Waals surface area contributed by atoms with E-state index in [0.29, 0.717) is 18.9 Å². The van der Waals surface area contributed by atoms with Gasteiger partial charge in [-0.25, -0.2) is 4.98 Å². The van der Waals surface area contributed by atoms with Crippen LogP contribution >= 0.6 is 0 Å². The van der Waals surface area contributed by atoms with E-state index in [0.717, 1.165) is 55.1 Å². The summed E-state index contributed by atoms with van der Waals surface area (Å²) in [5.41, 5.74) is 6.70. The van der Waals surface area contributed by atoms with Crippen LogP contribution in [0.2, 0.25) is 0 Å². The molecule has 4 N–H and O–H groups in total. The molecule has 0 radical (unpaired) electrons. The summed E-state index contributed by atoms with van der Waals surface area (Å²) in [6.07, 6.45) is 7.58. The van der Waals surface area contributed by atoms with E-state index in [4.69, 9.17) is 11.0 Å². The molecule has 0 bridgehead atoms. The highest BCUT2D eigenvalue weighted by molar-refractivity contribution is 5.94. The van der Waals surface area contributed by atoms with Crippen LogP contribution in [0.3, 0.4) is 0 Å². The predicted molar refractivity (Wildman–Crippen MR) is 118 cm³/mol. The first-order valence-corrected chi connectivity index (χ1v) is 11.2. The molecular formula is C23H28N6O3. The number of piperidine rings is 1. The lowest BCUT2D eigenvalue weighted by Gasteiger charge is -2.33. The fourth-order valence-electron chi connectivity index (χ4n) is 4.04. The number of hydrogen-bond donors (Lipinski definition) is 3. The zero-order valence-electron chi connectivity index (χ0n) is 18.0. The molecule has 1 aliphatic heterocycles. The van der Waals surface area contributed by atoms with Crippen molar-refractivity contribution in [2.75, 3.05) is 18.4 Å². The number of fused-ring (bicyclic) bond motifs is 1. The van der Waals surface area contributed by atoms with E-state index in [2.05, 4.69) is 15.3 Å². The molecule has 0 spiro atoms. The molecule has 3 aliphatic rings. The third kappa shape index (κ3) is 5.25. The number of nitrogens with zero attached hydrogens (tertiary/aromatic N) is 3. The topological polar surface area (TPSA) is 145 Å². The Balaban J connectivity index is 0.000000354. The number of H-pyrrole nitrogens is 1. The van der Waals surface area contributed by atoms with Gasteiger partial charge >= 0.3 is 0 Å². The molecule has 9 heteroatoms. The van der Waals surface area contributed by atoms with Crippen LogP contribution in [-0.2, 0) is 14.4 Å². The van der Waals surface area contributed by atoms with Crippen molar-refractivity contribution in [2.45, 2.75) is 50.9 Å². The standard InChI is InChI=1S/C19H21N5O2.C4H7NO/c20-7-5-17(25)24-9-1-2-13(11-24)15-10-16(23-19(26)12-3-4-12)22-18-14(15)6-8-21-18;5-4(6)3-1-2-3/h6,8,10,12-13H,1-5,9,11H2,(H2,21,22,23,26);3H,1-2H2,(H2,5,6). The maximum absolute atomic E-state index is 12.1. The minimum Gasteiger partial charge on any atom is -0.369 e. The van der Waals surface area contributed by atoms with E-state index >= 15 is 0 Å². The van der Waals surface area contributed by atoms with Crippen molar-refractivity contribution >= 4 is 34.6 Å². The Morgan fingerprint density at radius 2 is 1.97 bits per heavy atom. The first-order chi connectivity index (χ1) is 15.5. The highest BCUT2D eigenvalue weighted by atomic mass is 16.2. The fourth-order valence-corrected chi connectivity index (χ4v) is 4.04. The second kappa shape index (κ2) is 9.39. The number of aromatic amines is 1. The SMILES string of the molecule is N#CCC(=O)N1CCCC(c2cc(NC(=O)C3CC3)nc3[nH]ccc23)C1.NC(=O)C1CC1. The van der Waals surface area contributed by atoms with Crippen LogP contribution in [0.4, 0.5) is 5.82 Å². The maximum atomic E-state index is 12.1. The number of carbonyl (C=O) groups is 3. The lowest BCUT2D eigenvalue weighted by atomic mass is 9.89. The molecule has 9 nitrogen and oxygen atoms in total. The van der Waals surface area contributed by atoms with Gasteiger partial charge in [-0.3, -0.25) is 14.4 Å². The molecule has 2 aromatic heterocycles. The monoisotopic (exact) mass is 436 g/mol. The fraction of sp³-hybridized carbons (Fsp3) is 0.522. The molecule has 1 unspecified atom stereocenters. The van der Waals surface area contributed by atoms with Gasteiger partial charge in [0.05, 0.1) is 6.07 Å². The summed E-state index contributed by atoms with van der Waals surface area (Å²) < 4.78 is 0. The van der Waals surface area contributed by atoms with Crippen LogP contribution in [0.1, 0.15) is 56.4 Å². The molecule has 2 saturated carbocycles. The molecule has 3 heterocycles. The van der Waals surface area contributed by atoms with E-state index < -0.39 is 0 Å². The number of nitriles is 1.